The largest absolute Gasteiger partial charge is 0.359 e. The number of aliphatic imine (C=N–C) groups is 1. The van der Waals surface area contributed by atoms with Crippen molar-refractivity contribution in [2.75, 3.05) is 24.3 Å². The van der Waals surface area contributed by atoms with Crippen LogP contribution in [0.3, 0.4) is 0 Å². The summed E-state index contributed by atoms with van der Waals surface area (Å²) in [6, 6.07) is 0. The van der Waals surface area contributed by atoms with Crippen LogP contribution in [0, 0.1) is 0 Å². The third-order valence-corrected chi connectivity index (χ3v) is 4.55. The molecule has 0 bridgehead atoms. The minimum atomic E-state index is 0.322. The van der Waals surface area contributed by atoms with Crippen LogP contribution < -0.4 is 5.32 Å². The second-order valence-electron chi connectivity index (χ2n) is 3.58. The first-order chi connectivity index (χ1) is 6.76. The molecule has 1 saturated heterocycles. The van der Waals surface area contributed by atoms with Crippen molar-refractivity contribution in [1.82, 2.24) is 5.32 Å². The van der Waals surface area contributed by atoms with Crippen LogP contribution in [0.25, 0.3) is 0 Å². The van der Waals surface area contributed by atoms with E-state index in [1.165, 1.54) is 18.6 Å². The Morgan fingerprint density at radius 1 is 1.50 bits per heavy atom. The minimum absolute atomic E-state index is 0.322. The molecule has 0 aromatic carbocycles. The Balaban J connectivity index is 2.43. The topological polar surface area (TPSA) is 24.4 Å². The summed E-state index contributed by atoms with van der Waals surface area (Å²) in [7, 11) is 0. The average molecular weight is 232 g/mol. The fourth-order valence-corrected chi connectivity index (χ4v) is 3.10. The number of rotatable bonds is 5. The van der Waals surface area contributed by atoms with Crippen LogP contribution >= 0.6 is 23.5 Å². The highest BCUT2D eigenvalue weighted by Crippen LogP contribution is 2.28. The molecule has 0 aromatic rings. The van der Waals surface area contributed by atoms with Crippen LogP contribution in [0.15, 0.2) is 4.99 Å². The molecule has 0 saturated carbocycles. The van der Waals surface area contributed by atoms with Crippen molar-refractivity contribution in [3.63, 3.8) is 0 Å². The monoisotopic (exact) mass is 232 g/mol. The fourth-order valence-electron chi connectivity index (χ4n) is 1.46. The first-order valence-electron chi connectivity index (χ1n) is 5.20. The summed E-state index contributed by atoms with van der Waals surface area (Å²) in [5.41, 5.74) is 0.322. The maximum atomic E-state index is 4.55. The van der Waals surface area contributed by atoms with Gasteiger partial charge < -0.3 is 5.32 Å². The first-order valence-corrected chi connectivity index (χ1v) is 7.58. The molecule has 1 heterocycles. The van der Waals surface area contributed by atoms with Crippen LogP contribution in [0.5, 0.6) is 0 Å². The molecule has 1 aliphatic rings. The highest BCUT2D eigenvalue weighted by atomic mass is 32.2. The molecule has 0 spiro atoms. The highest BCUT2D eigenvalue weighted by molar-refractivity contribution is 8.14. The summed E-state index contributed by atoms with van der Waals surface area (Å²) in [5, 5.41) is 4.72. The van der Waals surface area contributed by atoms with E-state index in [1.807, 2.05) is 23.5 Å². The summed E-state index contributed by atoms with van der Waals surface area (Å²) < 4.78 is 0. The Bertz CT molecular complexity index is 200. The van der Waals surface area contributed by atoms with Crippen LogP contribution in [0.2, 0.25) is 0 Å². The third kappa shape index (κ3) is 3.09. The molecular weight excluding hydrogens is 212 g/mol. The zero-order chi connectivity index (χ0) is 10.4. The van der Waals surface area contributed by atoms with Crippen LogP contribution in [-0.4, -0.2) is 35.0 Å². The van der Waals surface area contributed by atoms with Gasteiger partial charge in [-0.2, -0.15) is 11.8 Å². The van der Waals surface area contributed by atoms with Crippen molar-refractivity contribution < 1.29 is 0 Å². The zero-order valence-corrected chi connectivity index (χ0v) is 10.9. The van der Waals surface area contributed by atoms with Gasteiger partial charge in [0.25, 0.3) is 0 Å². The quantitative estimate of drug-likeness (QED) is 0.737. The SMILES string of the molecule is CCC1(CC)CSC(=NCCSC)N1. The number of thioether (sulfide) groups is 2. The Labute approximate surface area is 95.7 Å². The van der Waals surface area contributed by atoms with E-state index in [0.29, 0.717) is 5.54 Å². The lowest BCUT2D eigenvalue weighted by Crippen LogP contribution is -2.42. The molecule has 0 aromatic heterocycles. The Morgan fingerprint density at radius 2 is 2.21 bits per heavy atom. The van der Waals surface area contributed by atoms with Gasteiger partial charge in [-0.25, -0.2) is 0 Å². The average Bonchev–Trinajstić information content (AvgIpc) is 2.63. The summed E-state index contributed by atoms with van der Waals surface area (Å²) in [6.45, 7) is 5.45. The molecule has 0 amide bonds. The lowest BCUT2D eigenvalue weighted by molar-refractivity contribution is 0.407. The zero-order valence-electron chi connectivity index (χ0n) is 9.30. The van der Waals surface area contributed by atoms with E-state index in [1.54, 1.807) is 0 Å². The van der Waals surface area contributed by atoms with Crippen molar-refractivity contribution in [2.45, 2.75) is 32.2 Å². The van der Waals surface area contributed by atoms with Crippen molar-refractivity contribution in [3.8, 4) is 0 Å². The molecule has 4 heteroatoms. The third-order valence-electron chi connectivity index (χ3n) is 2.76. The molecule has 0 atom stereocenters. The molecule has 0 aliphatic carbocycles. The number of hydrogen-bond donors (Lipinski definition) is 1. The minimum Gasteiger partial charge on any atom is -0.359 e. The lowest BCUT2D eigenvalue weighted by atomic mass is 9.96. The van der Waals surface area contributed by atoms with Crippen molar-refractivity contribution in [3.05, 3.63) is 0 Å². The molecule has 14 heavy (non-hydrogen) atoms. The summed E-state index contributed by atoms with van der Waals surface area (Å²) >= 11 is 3.73. The summed E-state index contributed by atoms with van der Waals surface area (Å²) in [6.07, 6.45) is 4.51. The Hall–Kier alpha value is 0.170. The predicted octanol–water partition coefficient (Wildman–Crippen LogP) is 2.60. The van der Waals surface area contributed by atoms with Crippen molar-refractivity contribution in [1.29, 1.82) is 0 Å². The van der Waals surface area contributed by atoms with Gasteiger partial charge in [0.2, 0.25) is 0 Å². The number of amidine groups is 1. The fraction of sp³-hybridized carbons (Fsp3) is 0.900. The van der Waals surface area contributed by atoms with Gasteiger partial charge >= 0.3 is 0 Å². The number of nitrogens with one attached hydrogen (secondary N) is 1. The smallest absolute Gasteiger partial charge is 0.157 e. The van der Waals surface area contributed by atoms with Crippen LogP contribution in [-0.2, 0) is 0 Å². The van der Waals surface area contributed by atoms with E-state index < -0.39 is 0 Å². The van der Waals surface area contributed by atoms with Crippen LogP contribution in [0.4, 0.5) is 0 Å². The number of nitrogens with zero attached hydrogens (tertiary/aromatic N) is 1. The summed E-state index contributed by atoms with van der Waals surface area (Å²) in [4.78, 5) is 4.55. The van der Waals surface area contributed by atoms with Gasteiger partial charge in [0, 0.05) is 17.0 Å². The van der Waals surface area contributed by atoms with Crippen LogP contribution in [0.1, 0.15) is 26.7 Å². The maximum absolute atomic E-state index is 4.55. The molecule has 1 rings (SSSR count). The van der Waals surface area contributed by atoms with Gasteiger partial charge in [0.05, 0.1) is 6.54 Å². The van der Waals surface area contributed by atoms with Gasteiger partial charge in [0.15, 0.2) is 5.17 Å². The highest BCUT2D eigenvalue weighted by Gasteiger charge is 2.33. The molecule has 0 unspecified atom stereocenters. The summed E-state index contributed by atoms with van der Waals surface area (Å²) in [5.74, 6) is 2.30. The standard InChI is InChI=1S/C10H20N2S2/c1-4-10(5-2)8-14-9(12-10)11-6-7-13-3/h4-8H2,1-3H3,(H,11,12). The van der Waals surface area contributed by atoms with E-state index >= 15 is 0 Å². The van der Waals surface area contributed by atoms with E-state index in [2.05, 4.69) is 30.4 Å². The van der Waals surface area contributed by atoms with Gasteiger partial charge in [-0.15, -0.1) is 0 Å². The molecule has 2 nitrogen and oxygen atoms in total. The van der Waals surface area contributed by atoms with Gasteiger partial charge in [-0.1, -0.05) is 25.6 Å². The predicted molar refractivity (Wildman–Crippen MR) is 69.6 cm³/mol. The Kier molecular flexibility index (Phi) is 5.17. The van der Waals surface area contributed by atoms with E-state index in [9.17, 15) is 0 Å². The first kappa shape index (κ1) is 12.2. The van der Waals surface area contributed by atoms with Gasteiger partial charge in [-0.05, 0) is 19.1 Å². The molecule has 1 aliphatic heterocycles. The normalized spacial score (nSPS) is 22.6. The second kappa shape index (κ2) is 5.91. The van der Waals surface area contributed by atoms with Gasteiger partial charge in [-0.3, -0.25) is 4.99 Å². The molecule has 0 radical (unpaired) electrons. The molecule has 82 valence electrons. The molecule has 1 N–H and O–H groups in total. The van der Waals surface area contributed by atoms with E-state index in [4.69, 9.17) is 0 Å². The molecular formula is C10H20N2S2. The van der Waals surface area contributed by atoms with E-state index in [-0.39, 0.29) is 0 Å². The van der Waals surface area contributed by atoms with Crippen molar-refractivity contribution in [2.24, 2.45) is 4.99 Å². The lowest BCUT2D eigenvalue weighted by Gasteiger charge is -2.25. The second-order valence-corrected chi connectivity index (χ2v) is 5.53. The maximum Gasteiger partial charge on any atom is 0.157 e. The van der Waals surface area contributed by atoms with Crippen molar-refractivity contribution >= 4 is 28.7 Å². The van der Waals surface area contributed by atoms with E-state index in [0.717, 1.165) is 17.5 Å². The molecule has 1 fully saturated rings. The number of hydrogen-bond acceptors (Lipinski definition) is 3. The van der Waals surface area contributed by atoms with Gasteiger partial charge in [0.1, 0.15) is 0 Å². The Morgan fingerprint density at radius 3 is 2.71 bits per heavy atom.